The molecule has 0 aliphatic carbocycles. The van der Waals surface area contributed by atoms with E-state index >= 15 is 0 Å². The molecule has 0 atom stereocenters. The smallest absolute Gasteiger partial charge is 0.120 e. The largest absolute Gasteiger partial charge is 0.497 e. The molecule has 1 aliphatic heterocycles. The highest BCUT2D eigenvalue weighted by molar-refractivity contribution is 5.85. The van der Waals surface area contributed by atoms with Gasteiger partial charge in [0.2, 0.25) is 0 Å². The summed E-state index contributed by atoms with van der Waals surface area (Å²) in [5.74, 6) is 1.68. The molecule has 6 heteroatoms. The third-order valence-electron chi connectivity index (χ3n) is 4.31. The number of ether oxygens (including phenoxy) is 2. The van der Waals surface area contributed by atoms with Gasteiger partial charge in [-0.3, -0.25) is 4.90 Å². The Morgan fingerprint density at radius 2 is 1.56 bits per heavy atom. The van der Waals surface area contributed by atoms with Gasteiger partial charge in [0.1, 0.15) is 18.1 Å². The van der Waals surface area contributed by atoms with Crippen molar-refractivity contribution in [3.63, 3.8) is 0 Å². The van der Waals surface area contributed by atoms with Crippen LogP contribution in [0.4, 0.5) is 0 Å². The van der Waals surface area contributed by atoms with Crippen LogP contribution in [0, 0.1) is 0 Å². The molecular weight excluding hydrogens is 383 g/mol. The third-order valence-corrected chi connectivity index (χ3v) is 4.31. The molecule has 1 fully saturated rings. The Kier molecular flexibility index (Phi) is 10.9. The van der Waals surface area contributed by atoms with Crippen molar-refractivity contribution in [2.45, 2.75) is 6.54 Å². The molecule has 2 aromatic rings. The minimum absolute atomic E-state index is 0. The second-order valence-electron chi connectivity index (χ2n) is 6.16. The highest BCUT2D eigenvalue weighted by Gasteiger charge is 2.09. The molecule has 0 unspecified atom stereocenters. The first-order valence-corrected chi connectivity index (χ1v) is 8.79. The van der Waals surface area contributed by atoms with Crippen molar-refractivity contribution in [2.24, 2.45) is 0 Å². The molecule has 1 aliphatic rings. The van der Waals surface area contributed by atoms with Crippen LogP contribution in [0.2, 0.25) is 0 Å². The second kappa shape index (κ2) is 12.6. The highest BCUT2D eigenvalue weighted by atomic mass is 35.5. The van der Waals surface area contributed by atoms with E-state index in [1.807, 2.05) is 30.3 Å². The summed E-state index contributed by atoms with van der Waals surface area (Å²) in [4.78, 5) is 2.49. The molecule has 0 radical (unpaired) electrons. The summed E-state index contributed by atoms with van der Waals surface area (Å²) in [5.41, 5.74) is 2.57. The van der Waals surface area contributed by atoms with Gasteiger partial charge in [0.05, 0.1) is 7.11 Å². The number of piperazine rings is 1. The quantitative estimate of drug-likeness (QED) is 0.746. The molecule has 0 spiro atoms. The van der Waals surface area contributed by atoms with Crippen molar-refractivity contribution in [1.82, 2.24) is 10.2 Å². The van der Waals surface area contributed by atoms with Crippen LogP contribution in [-0.2, 0) is 6.54 Å². The zero-order valence-corrected chi connectivity index (χ0v) is 17.2. The summed E-state index contributed by atoms with van der Waals surface area (Å²) in [7, 11) is 1.66. The standard InChI is InChI=1S/C21H26N2O2.2ClH/c1-24-20-8-10-21(11-9-20)25-16-2-3-18-4-6-19(7-5-18)17-23-14-12-22-13-15-23;;/h2-11,22H,12-17H2,1H3;2*1H/b3-2+;;. The van der Waals surface area contributed by atoms with Gasteiger partial charge in [0, 0.05) is 32.7 Å². The van der Waals surface area contributed by atoms with E-state index in [1.54, 1.807) is 7.11 Å². The maximum Gasteiger partial charge on any atom is 0.120 e. The number of methoxy groups -OCH3 is 1. The van der Waals surface area contributed by atoms with Crippen molar-refractivity contribution in [2.75, 3.05) is 39.9 Å². The fourth-order valence-corrected chi connectivity index (χ4v) is 2.86. The van der Waals surface area contributed by atoms with Crippen LogP contribution in [0.3, 0.4) is 0 Å². The van der Waals surface area contributed by atoms with Gasteiger partial charge in [0.15, 0.2) is 0 Å². The first-order valence-electron chi connectivity index (χ1n) is 8.79. The van der Waals surface area contributed by atoms with E-state index in [4.69, 9.17) is 9.47 Å². The molecule has 0 aromatic heterocycles. The number of rotatable bonds is 7. The lowest BCUT2D eigenvalue weighted by Gasteiger charge is -2.27. The summed E-state index contributed by atoms with van der Waals surface area (Å²) >= 11 is 0. The molecular formula is C21H28Cl2N2O2. The van der Waals surface area contributed by atoms with Crippen molar-refractivity contribution >= 4 is 30.9 Å². The van der Waals surface area contributed by atoms with Gasteiger partial charge in [-0.2, -0.15) is 0 Å². The fraction of sp³-hybridized carbons (Fsp3) is 0.333. The maximum atomic E-state index is 5.70. The number of nitrogens with zero attached hydrogens (tertiary/aromatic N) is 1. The molecule has 1 N–H and O–H groups in total. The lowest BCUT2D eigenvalue weighted by molar-refractivity contribution is 0.233. The number of hydrogen-bond donors (Lipinski definition) is 1. The number of benzene rings is 2. The summed E-state index contributed by atoms with van der Waals surface area (Å²) in [6.07, 6.45) is 4.13. The monoisotopic (exact) mass is 410 g/mol. The number of nitrogens with one attached hydrogen (secondary N) is 1. The molecule has 0 bridgehead atoms. The minimum atomic E-state index is 0. The van der Waals surface area contributed by atoms with Gasteiger partial charge in [0.25, 0.3) is 0 Å². The Hall–Kier alpha value is -1.72. The maximum absolute atomic E-state index is 5.70. The van der Waals surface area contributed by atoms with Crippen LogP contribution < -0.4 is 14.8 Å². The Bertz CT molecular complexity index is 670. The number of halogens is 2. The Morgan fingerprint density at radius 3 is 2.19 bits per heavy atom. The van der Waals surface area contributed by atoms with Crippen molar-refractivity contribution in [1.29, 1.82) is 0 Å². The molecule has 3 rings (SSSR count). The Morgan fingerprint density at radius 1 is 0.926 bits per heavy atom. The van der Waals surface area contributed by atoms with Crippen LogP contribution in [0.25, 0.3) is 6.08 Å². The zero-order chi connectivity index (χ0) is 17.3. The van der Waals surface area contributed by atoms with E-state index in [-0.39, 0.29) is 24.8 Å². The predicted octanol–water partition coefficient (Wildman–Crippen LogP) is 4.04. The van der Waals surface area contributed by atoms with E-state index in [1.165, 1.54) is 11.1 Å². The lowest BCUT2D eigenvalue weighted by Crippen LogP contribution is -2.42. The van der Waals surface area contributed by atoms with Crippen LogP contribution in [-0.4, -0.2) is 44.8 Å². The van der Waals surface area contributed by atoms with Gasteiger partial charge in [-0.25, -0.2) is 0 Å². The molecule has 1 saturated heterocycles. The SMILES string of the molecule is COc1ccc(OC/C=C/c2ccc(CN3CCNCC3)cc2)cc1.Cl.Cl. The van der Waals surface area contributed by atoms with E-state index in [2.05, 4.69) is 40.6 Å². The van der Waals surface area contributed by atoms with E-state index in [0.717, 1.165) is 44.2 Å². The first kappa shape index (κ1) is 23.3. The van der Waals surface area contributed by atoms with Crippen LogP contribution in [0.15, 0.2) is 54.6 Å². The average molecular weight is 411 g/mol. The number of hydrogen-bond acceptors (Lipinski definition) is 4. The van der Waals surface area contributed by atoms with Gasteiger partial charge >= 0.3 is 0 Å². The van der Waals surface area contributed by atoms with E-state index in [9.17, 15) is 0 Å². The lowest BCUT2D eigenvalue weighted by atomic mass is 10.1. The second-order valence-corrected chi connectivity index (χ2v) is 6.16. The van der Waals surface area contributed by atoms with E-state index < -0.39 is 0 Å². The topological polar surface area (TPSA) is 33.7 Å². The normalized spacial score (nSPS) is 14.3. The van der Waals surface area contributed by atoms with Crippen LogP contribution in [0.1, 0.15) is 11.1 Å². The molecule has 4 nitrogen and oxygen atoms in total. The average Bonchev–Trinajstić information content (AvgIpc) is 2.68. The first-order chi connectivity index (χ1) is 12.3. The van der Waals surface area contributed by atoms with Crippen LogP contribution in [0.5, 0.6) is 11.5 Å². The Balaban J connectivity index is 0.00000182. The molecule has 27 heavy (non-hydrogen) atoms. The van der Waals surface area contributed by atoms with Gasteiger partial charge < -0.3 is 14.8 Å². The van der Waals surface area contributed by atoms with Gasteiger partial charge in [-0.05, 0) is 41.5 Å². The molecule has 0 amide bonds. The Labute approximate surface area is 174 Å². The summed E-state index contributed by atoms with van der Waals surface area (Å²) in [6.45, 7) is 6.03. The predicted molar refractivity (Wildman–Crippen MR) is 117 cm³/mol. The van der Waals surface area contributed by atoms with Gasteiger partial charge in [-0.1, -0.05) is 30.3 Å². The van der Waals surface area contributed by atoms with Crippen LogP contribution >= 0.6 is 24.8 Å². The molecule has 148 valence electrons. The van der Waals surface area contributed by atoms with Crippen molar-refractivity contribution in [3.8, 4) is 11.5 Å². The van der Waals surface area contributed by atoms with Gasteiger partial charge in [-0.15, -0.1) is 24.8 Å². The zero-order valence-electron chi connectivity index (χ0n) is 15.6. The summed E-state index contributed by atoms with van der Waals surface area (Å²) in [5, 5.41) is 3.39. The van der Waals surface area contributed by atoms with Crippen molar-refractivity contribution in [3.05, 3.63) is 65.7 Å². The fourth-order valence-electron chi connectivity index (χ4n) is 2.86. The molecule has 0 saturated carbocycles. The van der Waals surface area contributed by atoms with Crippen molar-refractivity contribution < 1.29 is 9.47 Å². The summed E-state index contributed by atoms with van der Waals surface area (Å²) < 4.78 is 10.8. The molecule has 1 heterocycles. The highest BCUT2D eigenvalue weighted by Crippen LogP contribution is 2.17. The minimum Gasteiger partial charge on any atom is -0.497 e. The third kappa shape index (κ3) is 7.81. The molecule has 2 aromatic carbocycles. The van der Waals surface area contributed by atoms with E-state index in [0.29, 0.717) is 6.61 Å². The summed E-state index contributed by atoms with van der Waals surface area (Å²) in [6, 6.07) is 16.4.